The van der Waals surface area contributed by atoms with Crippen LogP contribution in [-0.2, 0) is 6.42 Å². The standard InChI is InChI=1S/C16H23N7OS/c1-3-4-5-14-20-21-15(25-14)19-16(24)23-10-8-22(9-11-23)13-6-7-17-12(2)18-13/h6-7H,3-5,8-11H2,1-2H3,(H,19,21,24). The molecule has 3 rings (SSSR count). The largest absolute Gasteiger partial charge is 0.353 e. The van der Waals surface area contributed by atoms with Gasteiger partial charge in [-0.25, -0.2) is 14.8 Å². The maximum Gasteiger partial charge on any atom is 0.323 e. The van der Waals surface area contributed by atoms with E-state index in [9.17, 15) is 4.79 Å². The number of nitrogens with zero attached hydrogens (tertiary/aromatic N) is 6. The molecule has 0 aromatic carbocycles. The van der Waals surface area contributed by atoms with E-state index in [4.69, 9.17) is 0 Å². The van der Waals surface area contributed by atoms with Crippen LogP contribution in [-0.4, -0.2) is 57.3 Å². The van der Waals surface area contributed by atoms with Gasteiger partial charge in [0, 0.05) is 38.8 Å². The number of nitrogens with one attached hydrogen (secondary N) is 1. The van der Waals surface area contributed by atoms with E-state index in [1.807, 2.05) is 13.0 Å². The van der Waals surface area contributed by atoms with Gasteiger partial charge in [-0.1, -0.05) is 24.7 Å². The molecule has 2 amide bonds. The molecule has 0 unspecified atom stereocenters. The Kier molecular flexibility index (Phi) is 5.75. The highest BCUT2D eigenvalue weighted by Crippen LogP contribution is 2.18. The van der Waals surface area contributed by atoms with Gasteiger partial charge >= 0.3 is 6.03 Å². The van der Waals surface area contributed by atoms with Crippen LogP contribution in [0.3, 0.4) is 0 Å². The summed E-state index contributed by atoms with van der Waals surface area (Å²) in [6, 6.07) is 1.79. The van der Waals surface area contributed by atoms with E-state index in [2.05, 4.69) is 37.3 Å². The van der Waals surface area contributed by atoms with Crippen LogP contribution in [0, 0.1) is 6.92 Å². The molecular formula is C16H23N7OS. The van der Waals surface area contributed by atoms with Crippen molar-refractivity contribution < 1.29 is 4.79 Å². The first-order chi connectivity index (χ1) is 12.2. The number of rotatable bonds is 5. The van der Waals surface area contributed by atoms with Crippen LogP contribution >= 0.6 is 11.3 Å². The van der Waals surface area contributed by atoms with Crippen LogP contribution in [0.25, 0.3) is 0 Å². The Labute approximate surface area is 151 Å². The molecule has 0 bridgehead atoms. The molecule has 1 fully saturated rings. The molecule has 0 saturated carbocycles. The molecule has 0 atom stereocenters. The molecule has 1 N–H and O–H groups in total. The summed E-state index contributed by atoms with van der Waals surface area (Å²) in [7, 11) is 0. The Morgan fingerprint density at radius 2 is 2.08 bits per heavy atom. The summed E-state index contributed by atoms with van der Waals surface area (Å²) in [5.41, 5.74) is 0. The van der Waals surface area contributed by atoms with Crippen molar-refractivity contribution in [2.75, 3.05) is 36.4 Å². The summed E-state index contributed by atoms with van der Waals surface area (Å²) in [6.45, 7) is 6.83. The number of aromatic nitrogens is 4. The third kappa shape index (κ3) is 4.62. The lowest BCUT2D eigenvalue weighted by Crippen LogP contribution is -2.50. The van der Waals surface area contributed by atoms with Crippen LogP contribution < -0.4 is 10.2 Å². The average Bonchev–Trinajstić information content (AvgIpc) is 3.07. The molecule has 0 radical (unpaired) electrons. The van der Waals surface area contributed by atoms with Crippen LogP contribution in [0.5, 0.6) is 0 Å². The monoisotopic (exact) mass is 361 g/mol. The summed E-state index contributed by atoms with van der Waals surface area (Å²) >= 11 is 1.46. The van der Waals surface area contributed by atoms with Gasteiger partial charge in [0.15, 0.2) is 0 Å². The second-order valence-corrected chi connectivity index (χ2v) is 7.03. The molecule has 1 aliphatic rings. The number of piperazine rings is 1. The predicted octanol–water partition coefficient (Wildman–Crippen LogP) is 2.33. The van der Waals surface area contributed by atoms with E-state index >= 15 is 0 Å². The number of anilines is 2. The number of carbonyl (C=O) groups is 1. The average molecular weight is 361 g/mol. The highest BCUT2D eigenvalue weighted by molar-refractivity contribution is 7.15. The highest BCUT2D eigenvalue weighted by Gasteiger charge is 2.22. The Morgan fingerprint density at radius 3 is 2.80 bits per heavy atom. The lowest BCUT2D eigenvalue weighted by Gasteiger charge is -2.35. The van der Waals surface area contributed by atoms with Gasteiger partial charge in [0.25, 0.3) is 0 Å². The number of carbonyl (C=O) groups excluding carboxylic acids is 1. The highest BCUT2D eigenvalue weighted by atomic mass is 32.1. The van der Waals surface area contributed by atoms with E-state index in [-0.39, 0.29) is 6.03 Å². The lowest BCUT2D eigenvalue weighted by atomic mass is 10.3. The molecule has 0 aliphatic carbocycles. The van der Waals surface area contributed by atoms with Gasteiger partial charge in [-0.15, -0.1) is 10.2 Å². The van der Waals surface area contributed by atoms with E-state index in [0.29, 0.717) is 18.2 Å². The fraction of sp³-hybridized carbons (Fsp3) is 0.562. The first-order valence-electron chi connectivity index (χ1n) is 8.58. The quantitative estimate of drug-likeness (QED) is 0.879. The smallest absolute Gasteiger partial charge is 0.323 e. The second-order valence-electron chi connectivity index (χ2n) is 5.97. The minimum atomic E-state index is -0.114. The van der Waals surface area contributed by atoms with E-state index < -0.39 is 0 Å². The zero-order valence-electron chi connectivity index (χ0n) is 14.6. The zero-order chi connectivity index (χ0) is 17.6. The number of aryl methyl sites for hydroxylation is 2. The molecule has 9 heteroatoms. The first kappa shape index (κ1) is 17.5. The molecule has 1 saturated heterocycles. The first-order valence-corrected chi connectivity index (χ1v) is 9.40. The maximum atomic E-state index is 12.4. The molecule has 8 nitrogen and oxygen atoms in total. The molecular weight excluding hydrogens is 338 g/mol. The maximum absolute atomic E-state index is 12.4. The molecule has 2 aromatic rings. The summed E-state index contributed by atoms with van der Waals surface area (Å²) in [5.74, 6) is 1.67. The number of urea groups is 1. The van der Waals surface area contributed by atoms with Gasteiger partial charge in [0.2, 0.25) is 5.13 Å². The lowest BCUT2D eigenvalue weighted by molar-refractivity contribution is 0.208. The van der Waals surface area contributed by atoms with Gasteiger partial charge in [0.05, 0.1) is 0 Å². The summed E-state index contributed by atoms with van der Waals surface area (Å²) in [6.07, 6.45) is 4.90. The molecule has 3 heterocycles. The summed E-state index contributed by atoms with van der Waals surface area (Å²) in [4.78, 5) is 24.9. The van der Waals surface area contributed by atoms with Crippen LogP contribution in [0.4, 0.5) is 15.7 Å². The Balaban J connectivity index is 1.50. The number of amides is 2. The van der Waals surface area contributed by atoms with Crippen molar-refractivity contribution in [3.63, 3.8) is 0 Å². The van der Waals surface area contributed by atoms with E-state index in [0.717, 1.165) is 49.0 Å². The number of unbranched alkanes of at least 4 members (excludes halogenated alkanes) is 1. The second kappa shape index (κ2) is 8.19. The van der Waals surface area contributed by atoms with Crippen LogP contribution in [0.15, 0.2) is 12.3 Å². The van der Waals surface area contributed by atoms with Crippen molar-refractivity contribution in [3.8, 4) is 0 Å². The van der Waals surface area contributed by atoms with Crippen molar-refractivity contribution in [1.82, 2.24) is 25.1 Å². The molecule has 25 heavy (non-hydrogen) atoms. The summed E-state index contributed by atoms with van der Waals surface area (Å²) in [5, 5.41) is 12.6. The van der Waals surface area contributed by atoms with Gasteiger partial charge < -0.3 is 9.80 Å². The van der Waals surface area contributed by atoms with Gasteiger partial charge in [-0.3, -0.25) is 5.32 Å². The predicted molar refractivity (Wildman–Crippen MR) is 98.1 cm³/mol. The molecule has 1 aliphatic heterocycles. The van der Waals surface area contributed by atoms with Crippen LogP contribution in [0.2, 0.25) is 0 Å². The fourth-order valence-electron chi connectivity index (χ4n) is 2.66. The SMILES string of the molecule is CCCCc1nnc(NC(=O)N2CCN(c3ccnc(C)n3)CC2)s1. The van der Waals surface area contributed by atoms with E-state index in [1.165, 1.54) is 11.3 Å². The van der Waals surface area contributed by atoms with Crippen molar-refractivity contribution in [3.05, 3.63) is 23.1 Å². The van der Waals surface area contributed by atoms with Gasteiger partial charge in [-0.05, 0) is 19.4 Å². The minimum Gasteiger partial charge on any atom is -0.353 e. The van der Waals surface area contributed by atoms with Crippen LogP contribution in [0.1, 0.15) is 30.6 Å². The fourth-order valence-corrected chi connectivity index (χ4v) is 3.43. The zero-order valence-corrected chi connectivity index (χ0v) is 15.4. The minimum absolute atomic E-state index is 0.114. The molecule has 134 valence electrons. The van der Waals surface area contributed by atoms with Crippen molar-refractivity contribution in [1.29, 1.82) is 0 Å². The number of hydrogen-bond acceptors (Lipinski definition) is 7. The Hall–Kier alpha value is -2.29. The Bertz CT molecular complexity index is 712. The molecule has 2 aromatic heterocycles. The summed E-state index contributed by atoms with van der Waals surface area (Å²) < 4.78 is 0. The normalized spacial score (nSPS) is 14.6. The van der Waals surface area contributed by atoms with E-state index in [1.54, 1.807) is 11.1 Å². The topological polar surface area (TPSA) is 87.1 Å². The van der Waals surface area contributed by atoms with Gasteiger partial charge in [0.1, 0.15) is 16.6 Å². The van der Waals surface area contributed by atoms with Gasteiger partial charge in [-0.2, -0.15) is 0 Å². The number of hydrogen-bond donors (Lipinski definition) is 1. The third-order valence-corrected chi connectivity index (χ3v) is 4.98. The molecule has 0 spiro atoms. The van der Waals surface area contributed by atoms with Crippen molar-refractivity contribution in [2.24, 2.45) is 0 Å². The Morgan fingerprint density at radius 1 is 1.28 bits per heavy atom. The van der Waals surface area contributed by atoms with Crippen molar-refractivity contribution >= 4 is 28.3 Å². The van der Waals surface area contributed by atoms with Crippen molar-refractivity contribution in [2.45, 2.75) is 33.1 Å². The third-order valence-electron chi connectivity index (χ3n) is 4.08.